The first-order valence-electron chi connectivity index (χ1n) is 6.70. The summed E-state index contributed by atoms with van der Waals surface area (Å²) in [5.41, 5.74) is 1.03. The van der Waals surface area contributed by atoms with Crippen LogP contribution in [0, 0.1) is 5.82 Å². The van der Waals surface area contributed by atoms with E-state index in [1.165, 1.54) is 18.2 Å². The number of benzene rings is 3. The minimum atomic E-state index is -0.495. The number of halogens is 1. The highest BCUT2D eigenvalue weighted by molar-refractivity contribution is 6.08. The number of hydrogen-bond acceptors (Lipinski definition) is 1. The number of carbonyl (C=O) groups excluding carboxylic acids is 1. The van der Waals surface area contributed by atoms with Crippen molar-refractivity contribution in [3.05, 3.63) is 89.8 Å². The topological polar surface area (TPSA) is 17.1 Å². The summed E-state index contributed by atoms with van der Waals surface area (Å²) in [6.07, 6.45) is 3.15. The Labute approximate surface area is 122 Å². The van der Waals surface area contributed by atoms with Gasteiger partial charge in [0.2, 0.25) is 0 Å². The van der Waals surface area contributed by atoms with Crippen LogP contribution in [-0.4, -0.2) is 5.78 Å². The SMILES string of the molecule is O=C(/C=C/c1cccc2ccccc12)c1ccccc1F. The molecule has 102 valence electrons. The molecule has 0 saturated heterocycles. The fourth-order valence-corrected chi connectivity index (χ4v) is 2.31. The van der Waals surface area contributed by atoms with Crippen molar-refractivity contribution in [2.24, 2.45) is 0 Å². The molecule has 0 aliphatic heterocycles. The van der Waals surface area contributed by atoms with Gasteiger partial charge in [0, 0.05) is 0 Å². The van der Waals surface area contributed by atoms with Gasteiger partial charge in [0.15, 0.2) is 5.78 Å². The Kier molecular flexibility index (Phi) is 3.61. The van der Waals surface area contributed by atoms with Crippen LogP contribution >= 0.6 is 0 Å². The Hall–Kier alpha value is -2.74. The first-order chi connectivity index (χ1) is 10.3. The van der Waals surface area contributed by atoms with Crippen LogP contribution in [0.5, 0.6) is 0 Å². The maximum Gasteiger partial charge on any atom is 0.188 e. The van der Waals surface area contributed by atoms with Crippen molar-refractivity contribution >= 4 is 22.6 Å². The lowest BCUT2D eigenvalue weighted by Gasteiger charge is -2.02. The molecule has 0 spiro atoms. The summed E-state index contributed by atoms with van der Waals surface area (Å²) in [5, 5.41) is 2.18. The van der Waals surface area contributed by atoms with E-state index in [-0.39, 0.29) is 11.3 Å². The van der Waals surface area contributed by atoms with Gasteiger partial charge < -0.3 is 0 Å². The predicted octanol–water partition coefficient (Wildman–Crippen LogP) is 4.88. The average molecular weight is 276 g/mol. The van der Waals surface area contributed by atoms with Crippen LogP contribution in [0.1, 0.15) is 15.9 Å². The van der Waals surface area contributed by atoms with Crippen LogP contribution in [0.2, 0.25) is 0 Å². The molecule has 0 amide bonds. The van der Waals surface area contributed by atoms with Gasteiger partial charge >= 0.3 is 0 Å². The van der Waals surface area contributed by atoms with Crippen molar-refractivity contribution in [2.75, 3.05) is 0 Å². The van der Waals surface area contributed by atoms with Crippen LogP contribution in [0.4, 0.5) is 4.39 Å². The molecule has 21 heavy (non-hydrogen) atoms. The van der Waals surface area contributed by atoms with E-state index in [1.54, 1.807) is 18.2 Å². The summed E-state index contributed by atoms with van der Waals surface area (Å²) in [7, 11) is 0. The van der Waals surface area contributed by atoms with Crippen LogP contribution in [-0.2, 0) is 0 Å². The standard InChI is InChI=1S/C19H13FO/c20-18-11-4-3-10-17(18)19(21)13-12-15-8-5-7-14-6-1-2-9-16(14)15/h1-13H/b13-12+. The van der Waals surface area contributed by atoms with E-state index in [9.17, 15) is 9.18 Å². The number of rotatable bonds is 3. The molecule has 3 rings (SSSR count). The Bertz CT molecular complexity index is 828. The lowest BCUT2D eigenvalue weighted by Crippen LogP contribution is -1.97. The monoisotopic (exact) mass is 276 g/mol. The molecule has 0 radical (unpaired) electrons. The zero-order valence-electron chi connectivity index (χ0n) is 11.3. The molecule has 0 unspecified atom stereocenters. The Morgan fingerprint density at radius 2 is 1.57 bits per heavy atom. The highest BCUT2D eigenvalue weighted by Crippen LogP contribution is 2.20. The van der Waals surface area contributed by atoms with E-state index in [4.69, 9.17) is 0 Å². The smallest absolute Gasteiger partial charge is 0.188 e. The molecule has 0 bridgehead atoms. The number of carbonyl (C=O) groups is 1. The quantitative estimate of drug-likeness (QED) is 0.492. The number of allylic oxidation sites excluding steroid dienone is 1. The zero-order valence-corrected chi connectivity index (χ0v) is 11.3. The van der Waals surface area contributed by atoms with Crippen molar-refractivity contribution in [1.82, 2.24) is 0 Å². The summed E-state index contributed by atoms with van der Waals surface area (Å²) in [5.74, 6) is -0.828. The molecule has 0 aromatic heterocycles. The van der Waals surface area contributed by atoms with Gasteiger partial charge in [0.1, 0.15) is 5.82 Å². The van der Waals surface area contributed by atoms with E-state index in [1.807, 2.05) is 42.5 Å². The molecule has 1 nitrogen and oxygen atoms in total. The number of fused-ring (bicyclic) bond motifs is 1. The molecular formula is C19H13FO. The summed E-state index contributed by atoms with van der Waals surface area (Å²) in [4.78, 5) is 12.0. The van der Waals surface area contributed by atoms with Crippen LogP contribution in [0.15, 0.2) is 72.8 Å². The van der Waals surface area contributed by atoms with Crippen molar-refractivity contribution in [1.29, 1.82) is 0 Å². The van der Waals surface area contributed by atoms with Crippen molar-refractivity contribution in [2.45, 2.75) is 0 Å². The Morgan fingerprint density at radius 3 is 2.43 bits per heavy atom. The molecular weight excluding hydrogens is 263 g/mol. The molecule has 0 N–H and O–H groups in total. The van der Waals surface area contributed by atoms with Gasteiger partial charge in [-0.15, -0.1) is 0 Å². The maximum atomic E-state index is 13.6. The first kappa shape index (κ1) is 13.3. The summed E-state index contributed by atoms with van der Waals surface area (Å²) in [6.45, 7) is 0. The van der Waals surface area contributed by atoms with Crippen molar-refractivity contribution < 1.29 is 9.18 Å². The fourth-order valence-electron chi connectivity index (χ4n) is 2.31. The van der Waals surface area contributed by atoms with Crippen LogP contribution in [0.25, 0.3) is 16.8 Å². The summed E-state index contributed by atoms with van der Waals surface area (Å²) >= 11 is 0. The highest BCUT2D eigenvalue weighted by Gasteiger charge is 2.07. The van der Waals surface area contributed by atoms with E-state index in [2.05, 4.69) is 0 Å². The maximum absolute atomic E-state index is 13.6. The van der Waals surface area contributed by atoms with E-state index >= 15 is 0 Å². The van der Waals surface area contributed by atoms with Gasteiger partial charge in [0.05, 0.1) is 5.56 Å². The van der Waals surface area contributed by atoms with Crippen LogP contribution < -0.4 is 0 Å². The minimum Gasteiger partial charge on any atom is -0.289 e. The lowest BCUT2D eigenvalue weighted by molar-refractivity contribution is 0.104. The highest BCUT2D eigenvalue weighted by atomic mass is 19.1. The molecule has 0 saturated carbocycles. The summed E-state index contributed by atoms with van der Waals surface area (Å²) < 4.78 is 13.6. The van der Waals surface area contributed by atoms with Gasteiger partial charge in [-0.3, -0.25) is 4.79 Å². The third-order valence-electron chi connectivity index (χ3n) is 3.38. The van der Waals surface area contributed by atoms with Crippen molar-refractivity contribution in [3.63, 3.8) is 0 Å². The van der Waals surface area contributed by atoms with Gasteiger partial charge in [-0.05, 0) is 34.5 Å². The van der Waals surface area contributed by atoms with Gasteiger partial charge in [-0.1, -0.05) is 60.7 Å². The van der Waals surface area contributed by atoms with Crippen LogP contribution in [0.3, 0.4) is 0 Å². The minimum absolute atomic E-state index is 0.0917. The molecule has 3 aromatic carbocycles. The third kappa shape index (κ3) is 2.75. The van der Waals surface area contributed by atoms with E-state index < -0.39 is 5.82 Å². The zero-order chi connectivity index (χ0) is 14.7. The number of hydrogen-bond donors (Lipinski definition) is 0. The third-order valence-corrected chi connectivity index (χ3v) is 3.38. The normalized spacial score (nSPS) is 11.1. The summed E-state index contributed by atoms with van der Waals surface area (Å²) in [6, 6.07) is 19.9. The van der Waals surface area contributed by atoms with Gasteiger partial charge in [-0.2, -0.15) is 0 Å². The Balaban J connectivity index is 1.95. The molecule has 0 heterocycles. The Morgan fingerprint density at radius 1 is 0.857 bits per heavy atom. The fraction of sp³-hybridized carbons (Fsp3) is 0. The second-order valence-electron chi connectivity index (χ2n) is 4.75. The van der Waals surface area contributed by atoms with Gasteiger partial charge in [-0.25, -0.2) is 4.39 Å². The molecule has 0 atom stereocenters. The van der Waals surface area contributed by atoms with Crippen molar-refractivity contribution in [3.8, 4) is 0 Å². The molecule has 0 aliphatic rings. The largest absolute Gasteiger partial charge is 0.289 e. The van der Waals surface area contributed by atoms with E-state index in [0.29, 0.717) is 0 Å². The molecule has 2 heteroatoms. The van der Waals surface area contributed by atoms with E-state index in [0.717, 1.165) is 16.3 Å². The second kappa shape index (κ2) is 5.71. The molecule has 3 aromatic rings. The average Bonchev–Trinajstić information content (AvgIpc) is 2.53. The second-order valence-corrected chi connectivity index (χ2v) is 4.75. The van der Waals surface area contributed by atoms with Gasteiger partial charge in [0.25, 0.3) is 0 Å². The lowest BCUT2D eigenvalue weighted by atomic mass is 10.0. The molecule has 0 fully saturated rings. The first-order valence-corrected chi connectivity index (χ1v) is 6.70. The molecule has 0 aliphatic carbocycles. The number of ketones is 1. The predicted molar refractivity (Wildman–Crippen MR) is 83.7 cm³/mol.